The molecule has 0 spiro atoms. The molecule has 0 aliphatic heterocycles. The first-order chi connectivity index (χ1) is 7.77. The molecule has 3 heteroatoms. The van der Waals surface area contributed by atoms with Crippen LogP contribution < -0.4 is 0 Å². The topological polar surface area (TPSA) is 53.6 Å². The molecule has 0 aliphatic carbocycles. The normalized spacial score (nSPS) is 10.9. The van der Waals surface area contributed by atoms with Gasteiger partial charge < -0.3 is 14.6 Å². The predicted octanol–water partition coefficient (Wildman–Crippen LogP) is 1.26. The maximum atomic E-state index is 9.60. The van der Waals surface area contributed by atoms with Gasteiger partial charge in [-0.3, -0.25) is 0 Å². The van der Waals surface area contributed by atoms with E-state index in [0.29, 0.717) is 18.6 Å². The zero-order valence-corrected chi connectivity index (χ0v) is 9.16. The Morgan fingerprint density at radius 2 is 2.19 bits per heavy atom. The molecule has 0 radical (unpaired) electrons. The van der Waals surface area contributed by atoms with Crippen LogP contribution in [0.2, 0.25) is 0 Å². The van der Waals surface area contributed by atoms with Crippen molar-refractivity contribution < 1.29 is 14.6 Å². The summed E-state index contributed by atoms with van der Waals surface area (Å²) in [6, 6.07) is 3.47. The zero-order chi connectivity index (χ0) is 11.8. The lowest BCUT2D eigenvalue weighted by atomic mass is 10.2. The van der Waals surface area contributed by atoms with E-state index >= 15 is 0 Å². The average Bonchev–Trinajstić information content (AvgIpc) is 2.75. The summed E-state index contributed by atoms with van der Waals surface area (Å²) in [6.07, 6.45) is 0.366. The van der Waals surface area contributed by atoms with Gasteiger partial charge in [-0.05, 0) is 43.2 Å². The van der Waals surface area contributed by atoms with Crippen molar-refractivity contribution >= 4 is 0 Å². The molecule has 0 aliphatic rings. The number of rotatable bonds is 4. The molecule has 3 nitrogen and oxygen atoms in total. The van der Waals surface area contributed by atoms with E-state index in [1.807, 2.05) is 0 Å². The van der Waals surface area contributed by atoms with Crippen LogP contribution in [-0.2, 0) is 6.42 Å². The minimum absolute atomic E-state index is 0.129. The fourth-order valence-corrected chi connectivity index (χ4v) is 1.17. The highest BCUT2D eigenvalue weighted by Crippen LogP contribution is 2.16. The smallest absolute Gasteiger partial charge is 0.173 e. The molecule has 0 saturated heterocycles. The molecule has 1 rings (SSSR count). The van der Waals surface area contributed by atoms with E-state index in [9.17, 15) is 5.11 Å². The van der Waals surface area contributed by atoms with Gasteiger partial charge in [-0.1, -0.05) is 5.92 Å². The highest BCUT2D eigenvalue weighted by atomic mass is 16.4. The summed E-state index contributed by atoms with van der Waals surface area (Å²) in [6.45, 7) is 1.81. The van der Waals surface area contributed by atoms with Crippen LogP contribution in [0.1, 0.15) is 31.0 Å². The number of aryl methyl sites for hydroxylation is 1. The molecule has 1 aromatic heterocycles. The number of hydrogen-bond acceptors (Lipinski definition) is 3. The van der Waals surface area contributed by atoms with E-state index in [0.717, 1.165) is 5.76 Å². The lowest BCUT2D eigenvalue weighted by Crippen LogP contribution is -1.91. The van der Waals surface area contributed by atoms with Crippen LogP contribution in [0.4, 0.5) is 0 Å². The SMILES string of the molecule is CC#CC#CC(O)c1ccc(CCCO)o1. The van der Waals surface area contributed by atoms with Crippen molar-refractivity contribution in [3.8, 4) is 23.7 Å². The molecule has 2 N–H and O–H groups in total. The van der Waals surface area contributed by atoms with E-state index in [4.69, 9.17) is 9.52 Å². The lowest BCUT2D eigenvalue weighted by Gasteiger charge is -1.97. The molecular weight excluding hydrogens is 204 g/mol. The van der Waals surface area contributed by atoms with Crippen LogP contribution in [0.5, 0.6) is 0 Å². The first-order valence-electron chi connectivity index (χ1n) is 5.07. The Labute approximate surface area is 95.1 Å². The standard InChI is InChI=1S/C13H14O3/c1-2-3-4-7-12(15)13-9-8-11(16-13)6-5-10-14/h8-9,12,14-15H,5-6,10H2,1H3. The second-order valence-corrected chi connectivity index (χ2v) is 3.18. The number of aliphatic hydroxyl groups excluding tert-OH is 2. The van der Waals surface area contributed by atoms with Gasteiger partial charge in [-0.15, -0.1) is 0 Å². The van der Waals surface area contributed by atoms with Crippen LogP contribution in [0, 0.1) is 23.7 Å². The molecule has 84 valence electrons. The van der Waals surface area contributed by atoms with Crippen LogP contribution in [-0.4, -0.2) is 16.8 Å². The van der Waals surface area contributed by atoms with Crippen molar-refractivity contribution in [1.29, 1.82) is 0 Å². The molecule has 1 aromatic rings. The molecule has 1 heterocycles. The van der Waals surface area contributed by atoms with Crippen LogP contribution in [0.25, 0.3) is 0 Å². The zero-order valence-electron chi connectivity index (χ0n) is 9.16. The molecule has 0 saturated carbocycles. The summed E-state index contributed by atoms with van der Waals surface area (Å²) < 4.78 is 5.37. The largest absolute Gasteiger partial charge is 0.462 e. The molecule has 0 bridgehead atoms. The molecule has 0 aromatic carbocycles. The summed E-state index contributed by atoms with van der Waals surface area (Å²) in [4.78, 5) is 0. The van der Waals surface area contributed by atoms with E-state index < -0.39 is 6.10 Å². The van der Waals surface area contributed by atoms with Gasteiger partial charge in [-0.25, -0.2) is 0 Å². The Kier molecular flexibility index (Phi) is 5.22. The van der Waals surface area contributed by atoms with E-state index in [1.54, 1.807) is 19.1 Å². The van der Waals surface area contributed by atoms with Crippen LogP contribution in [0.3, 0.4) is 0 Å². The Morgan fingerprint density at radius 3 is 2.88 bits per heavy atom. The average molecular weight is 218 g/mol. The number of hydrogen-bond donors (Lipinski definition) is 2. The van der Waals surface area contributed by atoms with Gasteiger partial charge in [0.1, 0.15) is 11.5 Å². The predicted molar refractivity (Wildman–Crippen MR) is 60.3 cm³/mol. The minimum Gasteiger partial charge on any atom is -0.462 e. The van der Waals surface area contributed by atoms with Gasteiger partial charge in [0.05, 0.1) is 0 Å². The van der Waals surface area contributed by atoms with Crippen LogP contribution in [0.15, 0.2) is 16.5 Å². The molecule has 0 fully saturated rings. The first-order valence-corrected chi connectivity index (χ1v) is 5.07. The molecular formula is C13H14O3. The quantitative estimate of drug-likeness (QED) is 0.748. The van der Waals surface area contributed by atoms with E-state index in [2.05, 4.69) is 23.7 Å². The van der Waals surface area contributed by atoms with Gasteiger partial charge >= 0.3 is 0 Å². The Morgan fingerprint density at radius 1 is 1.38 bits per heavy atom. The van der Waals surface area contributed by atoms with Crippen molar-refractivity contribution in [3.63, 3.8) is 0 Å². The highest BCUT2D eigenvalue weighted by molar-refractivity contribution is 5.29. The molecule has 1 unspecified atom stereocenters. The van der Waals surface area contributed by atoms with Crippen molar-refractivity contribution in [2.45, 2.75) is 25.9 Å². The van der Waals surface area contributed by atoms with E-state index in [-0.39, 0.29) is 6.61 Å². The summed E-state index contributed by atoms with van der Waals surface area (Å²) in [5, 5.41) is 18.3. The second kappa shape index (κ2) is 6.74. The number of furan rings is 1. The minimum atomic E-state index is -0.941. The van der Waals surface area contributed by atoms with E-state index in [1.165, 1.54) is 0 Å². The Balaban J connectivity index is 2.62. The monoisotopic (exact) mass is 218 g/mol. The third kappa shape index (κ3) is 3.82. The van der Waals surface area contributed by atoms with Crippen molar-refractivity contribution in [1.82, 2.24) is 0 Å². The van der Waals surface area contributed by atoms with Gasteiger partial charge in [-0.2, -0.15) is 0 Å². The first kappa shape index (κ1) is 12.4. The fraction of sp³-hybridized carbons (Fsp3) is 0.385. The van der Waals surface area contributed by atoms with Gasteiger partial charge in [0.2, 0.25) is 0 Å². The summed E-state index contributed by atoms with van der Waals surface area (Å²) >= 11 is 0. The van der Waals surface area contributed by atoms with Crippen LogP contribution >= 0.6 is 0 Å². The van der Waals surface area contributed by atoms with Gasteiger partial charge in [0.25, 0.3) is 0 Å². The number of aliphatic hydroxyl groups is 2. The lowest BCUT2D eigenvalue weighted by molar-refractivity contribution is 0.202. The van der Waals surface area contributed by atoms with Crippen molar-refractivity contribution in [2.24, 2.45) is 0 Å². The highest BCUT2D eigenvalue weighted by Gasteiger charge is 2.09. The Bertz CT molecular complexity index is 437. The van der Waals surface area contributed by atoms with Gasteiger partial charge in [0, 0.05) is 13.0 Å². The summed E-state index contributed by atoms with van der Waals surface area (Å²) in [7, 11) is 0. The maximum Gasteiger partial charge on any atom is 0.173 e. The fourth-order valence-electron chi connectivity index (χ4n) is 1.17. The summed E-state index contributed by atoms with van der Waals surface area (Å²) in [5.74, 6) is 11.4. The van der Waals surface area contributed by atoms with Crippen molar-refractivity contribution in [2.75, 3.05) is 6.61 Å². The maximum absolute atomic E-state index is 9.60. The molecule has 1 atom stereocenters. The molecule has 16 heavy (non-hydrogen) atoms. The third-order valence-electron chi connectivity index (χ3n) is 1.93. The Hall–Kier alpha value is -1.68. The van der Waals surface area contributed by atoms with Crippen molar-refractivity contribution in [3.05, 3.63) is 23.7 Å². The second-order valence-electron chi connectivity index (χ2n) is 3.18. The summed E-state index contributed by atoms with van der Waals surface area (Å²) in [5.41, 5.74) is 0. The third-order valence-corrected chi connectivity index (χ3v) is 1.93. The van der Waals surface area contributed by atoms with Gasteiger partial charge in [0.15, 0.2) is 6.10 Å². The molecule has 0 amide bonds.